The molecule has 1 aromatic heterocycles. The number of rotatable bonds is 5. The molecule has 0 bridgehead atoms. The highest BCUT2D eigenvalue weighted by Gasteiger charge is 2.12. The first-order chi connectivity index (χ1) is 9.29. The van der Waals surface area contributed by atoms with E-state index in [0.29, 0.717) is 6.61 Å². The van der Waals surface area contributed by atoms with Crippen molar-refractivity contribution < 1.29 is 4.74 Å². The number of benzene rings is 1. The number of hydrogen-bond acceptors (Lipinski definition) is 2. The van der Waals surface area contributed by atoms with Gasteiger partial charge in [-0.15, -0.1) is 0 Å². The van der Waals surface area contributed by atoms with Gasteiger partial charge in [0.2, 0.25) is 0 Å². The van der Waals surface area contributed by atoms with Crippen LogP contribution in [0.25, 0.3) is 0 Å². The minimum Gasteiger partial charge on any atom is -0.359 e. The van der Waals surface area contributed by atoms with Crippen molar-refractivity contribution in [1.82, 2.24) is 9.55 Å². The molecule has 2 aromatic rings. The van der Waals surface area contributed by atoms with E-state index in [2.05, 4.69) is 46.0 Å². The van der Waals surface area contributed by atoms with Gasteiger partial charge in [-0.05, 0) is 16.4 Å². The monoisotopic (exact) mass is 366 g/mol. The standard InChI is InChI=1S/C15H15IN2O/c1-13-3-5-14(6-4-13)15(19-10-2-7-16)11-18-9-8-17-12-18/h3-6,8-9,12,15H,10-11H2,1H3. The molecule has 0 fully saturated rings. The normalized spacial score (nSPS) is 11.7. The van der Waals surface area contributed by atoms with Crippen LogP contribution in [0.1, 0.15) is 17.2 Å². The van der Waals surface area contributed by atoms with Crippen molar-refractivity contribution in [2.45, 2.75) is 19.6 Å². The van der Waals surface area contributed by atoms with Crippen LogP contribution in [-0.2, 0) is 11.3 Å². The summed E-state index contributed by atoms with van der Waals surface area (Å²) in [7, 11) is 0. The predicted octanol–water partition coefficient (Wildman–Crippen LogP) is 3.35. The average Bonchev–Trinajstić information content (AvgIpc) is 2.92. The third-order valence-electron chi connectivity index (χ3n) is 2.81. The Morgan fingerprint density at radius 1 is 1.37 bits per heavy atom. The quantitative estimate of drug-likeness (QED) is 0.600. The molecule has 0 aliphatic rings. The third kappa shape index (κ3) is 4.37. The van der Waals surface area contributed by atoms with E-state index in [1.165, 1.54) is 5.56 Å². The zero-order chi connectivity index (χ0) is 13.5. The van der Waals surface area contributed by atoms with Crippen LogP contribution in [0.4, 0.5) is 0 Å². The van der Waals surface area contributed by atoms with E-state index in [9.17, 15) is 0 Å². The van der Waals surface area contributed by atoms with E-state index in [-0.39, 0.29) is 6.10 Å². The summed E-state index contributed by atoms with van der Waals surface area (Å²) >= 11 is 2.02. The molecule has 0 radical (unpaired) electrons. The van der Waals surface area contributed by atoms with E-state index in [0.717, 1.165) is 12.1 Å². The molecule has 0 saturated carbocycles. The summed E-state index contributed by atoms with van der Waals surface area (Å²) in [6, 6.07) is 8.41. The van der Waals surface area contributed by atoms with Crippen molar-refractivity contribution >= 4 is 22.6 Å². The first-order valence-electron chi connectivity index (χ1n) is 6.02. The lowest BCUT2D eigenvalue weighted by molar-refractivity contribution is 0.0641. The molecule has 2 rings (SSSR count). The van der Waals surface area contributed by atoms with Crippen LogP contribution in [0.3, 0.4) is 0 Å². The van der Waals surface area contributed by atoms with Gasteiger partial charge in [0.05, 0.1) is 12.9 Å². The van der Waals surface area contributed by atoms with Crippen LogP contribution in [-0.4, -0.2) is 16.2 Å². The Hall–Kier alpha value is -1.32. The lowest BCUT2D eigenvalue weighted by Crippen LogP contribution is -2.12. The number of aromatic nitrogens is 2. The number of ether oxygens (including phenoxy) is 1. The van der Waals surface area contributed by atoms with Crippen LogP contribution in [0.15, 0.2) is 43.0 Å². The molecule has 98 valence electrons. The second-order valence-electron chi connectivity index (χ2n) is 4.24. The highest BCUT2D eigenvalue weighted by atomic mass is 127. The summed E-state index contributed by atoms with van der Waals surface area (Å²) in [5.74, 6) is 2.93. The maximum absolute atomic E-state index is 5.85. The van der Waals surface area contributed by atoms with Gasteiger partial charge in [-0.25, -0.2) is 4.98 Å². The van der Waals surface area contributed by atoms with Gasteiger partial charge < -0.3 is 9.30 Å². The minimum absolute atomic E-state index is 0.00736. The molecule has 1 aromatic carbocycles. The summed E-state index contributed by atoms with van der Waals surface area (Å²) in [4.78, 5) is 4.06. The maximum atomic E-state index is 5.85. The van der Waals surface area contributed by atoms with E-state index in [4.69, 9.17) is 4.74 Å². The van der Waals surface area contributed by atoms with Gasteiger partial charge in [0, 0.05) is 35.0 Å². The van der Waals surface area contributed by atoms with Crippen LogP contribution in [0.2, 0.25) is 0 Å². The summed E-state index contributed by atoms with van der Waals surface area (Å²) in [6.07, 6.45) is 5.51. The van der Waals surface area contributed by atoms with Crippen LogP contribution < -0.4 is 0 Å². The molecule has 1 heterocycles. The van der Waals surface area contributed by atoms with Gasteiger partial charge >= 0.3 is 0 Å². The molecular formula is C15H15IN2O. The Balaban J connectivity index is 2.12. The number of aryl methyl sites for hydroxylation is 1. The van der Waals surface area contributed by atoms with E-state index >= 15 is 0 Å². The topological polar surface area (TPSA) is 27.1 Å². The SMILES string of the molecule is Cc1ccc(C(Cn2ccnc2)OCC#CI)cc1. The average molecular weight is 366 g/mol. The smallest absolute Gasteiger partial charge is 0.109 e. The molecule has 1 unspecified atom stereocenters. The summed E-state index contributed by atoms with van der Waals surface area (Å²) in [5.41, 5.74) is 2.41. The molecule has 0 aliphatic heterocycles. The summed E-state index contributed by atoms with van der Waals surface area (Å²) in [5, 5.41) is 0. The lowest BCUT2D eigenvalue weighted by Gasteiger charge is -2.17. The van der Waals surface area contributed by atoms with Crippen molar-refractivity contribution in [2.24, 2.45) is 0 Å². The molecular weight excluding hydrogens is 351 g/mol. The Bertz CT molecular complexity index is 552. The molecule has 4 heteroatoms. The van der Waals surface area contributed by atoms with Crippen molar-refractivity contribution in [3.63, 3.8) is 0 Å². The van der Waals surface area contributed by atoms with Gasteiger partial charge in [0.1, 0.15) is 12.7 Å². The zero-order valence-electron chi connectivity index (χ0n) is 10.7. The Morgan fingerprint density at radius 3 is 2.79 bits per heavy atom. The molecule has 0 N–H and O–H groups in total. The molecule has 0 spiro atoms. The number of hydrogen-bond donors (Lipinski definition) is 0. The molecule has 0 saturated heterocycles. The van der Waals surface area contributed by atoms with Crippen LogP contribution in [0.5, 0.6) is 0 Å². The number of imidazole rings is 1. The lowest BCUT2D eigenvalue weighted by atomic mass is 10.1. The van der Waals surface area contributed by atoms with Crippen molar-refractivity contribution in [3.05, 3.63) is 54.1 Å². The first kappa shape index (κ1) is 14.1. The van der Waals surface area contributed by atoms with Crippen LogP contribution >= 0.6 is 22.6 Å². The zero-order valence-corrected chi connectivity index (χ0v) is 12.9. The van der Waals surface area contributed by atoms with E-state index in [1.54, 1.807) is 12.5 Å². The summed E-state index contributed by atoms with van der Waals surface area (Å²) in [6.45, 7) is 3.26. The fourth-order valence-electron chi connectivity index (χ4n) is 1.79. The molecule has 3 nitrogen and oxygen atoms in total. The largest absolute Gasteiger partial charge is 0.359 e. The van der Waals surface area contributed by atoms with Crippen molar-refractivity contribution in [2.75, 3.05) is 6.61 Å². The van der Waals surface area contributed by atoms with E-state index < -0.39 is 0 Å². The highest BCUT2D eigenvalue weighted by molar-refractivity contribution is 14.1. The molecule has 0 amide bonds. The van der Waals surface area contributed by atoms with Gasteiger partial charge in [-0.1, -0.05) is 35.7 Å². The second kappa shape index (κ2) is 7.31. The fourth-order valence-corrected chi connectivity index (χ4v) is 1.95. The second-order valence-corrected chi connectivity index (χ2v) is 4.78. The van der Waals surface area contributed by atoms with Crippen molar-refractivity contribution in [3.8, 4) is 9.85 Å². The molecule has 1 atom stereocenters. The van der Waals surface area contributed by atoms with Crippen LogP contribution in [0, 0.1) is 16.8 Å². The Morgan fingerprint density at radius 2 is 2.16 bits per heavy atom. The Kier molecular flexibility index (Phi) is 5.43. The van der Waals surface area contributed by atoms with Gasteiger partial charge in [-0.3, -0.25) is 0 Å². The maximum Gasteiger partial charge on any atom is 0.109 e. The molecule has 19 heavy (non-hydrogen) atoms. The minimum atomic E-state index is -0.00736. The van der Waals surface area contributed by atoms with E-state index in [1.807, 2.05) is 33.4 Å². The fraction of sp³-hybridized carbons (Fsp3) is 0.267. The Labute approximate surface area is 127 Å². The van der Waals surface area contributed by atoms with Gasteiger partial charge in [0.15, 0.2) is 0 Å². The van der Waals surface area contributed by atoms with Crippen molar-refractivity contribution in [1.29, 1.82) is 0 Å². The number of halogens is 1. The first-order valence-corrected chi connectivity index (χ1v) is 7.10. The van der Waals surface area contributed by atoms with Gasteiger partial charge in [-0.2, -0.15) is 0 Å². The third-order valence-corrected chi connectivity index (χ3v) is 3.19. The number of nitrogens with zero attached hydrogens (tertiary/aromatic N) is 2. The molecule has 0 aliphatic carbocycles. The highest BCUT2D eigenvalue weighted by Crippen LogP contribution is 2.20. The summed E-state index contributed by atoms with van der Waals surface area (Å²) < 4.78 is 10.7. The van der Waals surface area contributed by atoms with Gasteiger partial charge in [0.25, 0.3) is 0 Å². The predicted molar refractivity (Wildman–Crippen MR) is 83.9 cm³/mol.